The van der Waals surface area contributed by atoms with Crippen molar-refractivity contribution in [2.75, 3.05) is 25.0 Å². The average Bonchev–Trinajstić information content (AvgIpc) is 2.98. The second-order valence-electron chi connectivity index (χ2n) is 4.79. The first-order valence-electron chi connectivity index (χ1n) is 7.02. The van der Waals surface area contributed by atoms with Gasteiger partial charge in [-0.1, -0.05) is 6.07 Å². The Labute approximate surface area is 114 Å². The zero-order chi connectivity index (χ0) is 13.3. The number of rotatable bonds is 7. The van der Waals surface area contributed by atoms with Crippen LogP contribution in [0.4, 0.5) is 5.82 Å². The fourth-order valence-corrected chi connectivity index (χ4v) is 2.18. The summed E-state index contributed by atoms with van der Waals surface area (Å²) in [5.74, 6) is 1.05. The van der Waals surface area contributed by atoms with Crippen LogP contribution in [0.1, 0.15) is 25.7 Å². The Morgan fingerprint density at radius 1 is 1.37 bits per heavy atom. The van der Waals surface area contributed by atoms with Gasteiger partial charge in [0, 0.05) is 19.3 Å². The Morgan fingerprint density at radius 3 is 3.00 bits per heavy atom. The SMILES string of the molecule is O=C(NCCCCNc1ccccn1)[C@@H]1CCCN1. The molecule has 2 rings (SSSR count). The molecule has 0 spiro atoms. The first kappa shape index (κ1) is 13.8. The van der Waals surface area contributed by atoms with Crippen molar-refractivity contribution in [2.45, 2.75) is 31.7 Å². The van der Waals surface area contributed by atoms with Crippen LogP contribution in [-0.4, -0.2) is 36.6 Å². The first-order chi connectivity index (χ1) is 9.36. The standard InChI is InChI=1S/C14H22N4O/c19-14(12-6-5-11-15-12)18-10-4-3-9-17-13-7-1-2-8-16-13/h1-2,7-8,12,15H,3-6,9-11H2,(H,16,17)(H,18,19)/t12-/m0/s1. The minimum absolute atomic E-state index is 0.0339. The molecule has 1 aromatic heterocycles. The van der Waals surface area contributed by atoms with Crippen molar-refractivity contribution >= 4 is 11.7 Å². The van der Waals surface area contributed by atoms with E-state index >= 15 is 0 Å². The van der Waals surface area contributed by atoms with E-state index in [-0.39, 0.29) is 11.9 Å². The van der Waals surface area contributed by atoms with E-state index in [1.54, 1.807) is 6.20 Å². The van der Waals surface area contributed by atoms with E-state index in [9.17, 15) is 4.79 Å². The molecule has 0 aromatic carbocycles. The molecular weight excluding hydrogens is 240 g/mol. The molecule has 0 unspecified atom stereocenters. The normalized spacial score (nSPS) is 18.2. The lowest BCUT2D eigenvalue weighted by molar-refractivity contribution is -0.122. The Kier molecular flexibility index (Phi) is 5.62. The summed E-state index contributed by atoms with van der Waals surface area (Å²) in [5.41, 5.74) is 0. The zero-order valence-electron chi connectivity index (χ0n) is 11.2. The number of carbonyl (C=O) groups excluding carboxylic acids is 1. The Balaban J connectivity index is 1.49. The Bertz CT molecular complexity index is 376. The van der Waals surface area contributed by atoms with Gasteiger partial charge in [0.15, 0.2) is 0 Å². The smallest absolute Gasteiger partial charge is 0.237 e. The summed E-state index contributed by atoms with van der Waals surface area (Å²) >= 11 is 0. The summed E-state index contributed by atoms with van der Waals surface area (Å²) < 4.78 is 0. The molecule has 1 fully saturated rings. The fourth-order valence-electron chi connectivity index (χ4n) is 2.18. The van der Waals surface area contributed by atoms with E-state index in [1.165, 1.54) is 0 Å². The molecule has 3 N–H and O–H groups in total. The van der Waals surface area contributed by atoms with E-state index < -0.39 is 0 Å². The van der Waals surface area contributed by atoms with Crippen molar-refractivity contribution in [3.8, 4) is 0 Å². The van der Waals surface area contributed by atoms with E-state index in [2.05, 4.69) is 20.9 Å². The van der Waals surface area contributed by atoms with E-state index in [0.29, 0.717) is 0 Å². The maximum Gasteiger partial charge on any atom is 0.237 e. The summed E-state index contributed by atoms with van der Waals surface area (Å²) in [6, 6.07) is 5.85. The highest BCUT2D eigenvalue weighted by Crippen LogP contribution is 2.04. The molecule has 1 saturated heterocycles. The highest BCUT2D eigenvalue weighted by molar-refractivity contribution is 5.81. The van der Waals surface area contributed by atoms with Gasteiger partial charge in [-0.3, -0.25) is 4.79 Å². The molecule has 19 heavy (non-hydrogen) atoms. The number of nitrogens with one attached hydrogen (secondary N) is 3. The highest BCUT2D eigenvalue weighted by atomic mass is 16.2. The monoisotopic (exact) mass is 262 g/mol. The lowest BCUT2D eigenvalue weighted by atomic mass is 10.2. The lowest BCUT2D eigenvalue weighted by Crippen LogP contribution is -2.40. The second-order valence-corrected chi connectivity index (χ2v) is 4.79. The van der Waals surface area contributed by atoms with Gasteiger partial charge in [0.25, 0.3) is 0 Å². The molecule has 1 aliphatic rings. The van der Waals surface area contributed by atoms with Crippen LogP contribution < -0.4 is 16.0 Å². The van der Waals surface area contributed by atoms with Crippen LogP contribution in [0.3, 0.4) is 0 Å². The van der Waals surface area contributed by atoms with Crippen molar-refractivity contribution in [2.24, 2.45) is 0 Å². The van der Waals surface area contributed by atoms with Crippen LogP contribution in [0.5, 0.6) is 0 Å². The Hall–Kier alpha value is -1.62. The number of nitrogens with zero attached hydrogens (tertiary/aromatic N) is 1. The van der Waals surface area contributed by atoms with Gasteiger partial charge in [0.2, 0.25) is 5.91 Å². The maximum absolute atomic E-state index is 11.7. The minimum atomic E-state index is 0.0339. The van der Waals surface area contributed by atoms with Gasteiger partial charge in [0.1, 0.15) is 5.82 Å². The van der Waals surface area contributed by atoms with E-state index in [1.807, 2.05) is 18.2 Å². The number of hydrogen-bond donors (Lipinski definition) is 3. The molecule has 5 nitrogen and oxygen atoms in total. The van der Waals surface area contributed by atoms with Crippen LogP contribution in [0.2, 0.25) is 0 Å². The largest absolute Gasteiger partial charge is 0.370 e. The van der Waals surface area contributed by atoms with E-state index in [0.717, 1.165) is 51.1 Å². The van der Waals surface area contributed by atoms with Crippen molar-refractivity contribution in [1.82, 2.24) is 15.6 Å². The van der Waals surface area contributed by atoms with Crippen molar-refractivity contribution in [3.05, 3.63) is 24.4 Å². The molecule has 0 bridgehead atoms. The first-order valence-corrected chi connectivity index (χ1v) is 7.02. The number of pyridine rings is 1. The van der Waals surface area contributed by atoms with Crippen molar-refractivity contribution < 1.29 is 4.79 Å². The molecule has 104 valence electrons. The topological polar surface area (TPSA) is 66.0 Å². The molecular formula is C14H22N4O. The average molecular weight is 262 g/mol. The maximum atomic E-state index is 11.7. The highest BCUT2D eigenvalue weighted by Gasteiger charge is 2.20. The predicted octanol–water partition coefficient (Wildman–Crippen LogP) is 1.14. The van der Waals surface area contributed by atoms with Crippen LogP contribution in [-0.2, 0) is 4.79 Å². The molecule has 1 aliphatic heterocycles. The molecule has 1 atom stereocenters. The van der Waals surface area contributed by atoms with Gasteiger partial charge >= 0.3 is 0 Å². The predicted molar refractivity (Wildman–Crippen MR) is 76.0 cm³/mol. The third-order valence-electron chi connectivity index (χ3n) is 3.25. The quantitative estimate of drug-likeness (QED) is 0.645. The Morgan fingerprint density at radius 2 is 2.26 bits per heavy atom. The molecule has 5 heteroatoms. The molecule has 0 aliphatic carbocycles. The minimum Gasteiger partial charge on any atom is -0.370 e. The molecule has 1 aromatic rings. The van der Waals surface area contributed by atoms with Crippen LogP contribution >= 0.6 is 0 Å². The number of carbonyl (C=O) groups is 1. The van der Waals surface area contributed by atoms with Crippen LogP contribution in [0.15, 0.2) is 24.4 Å². The molecule has 0 radical (unpaired) electrons. The number of unbranched alkanes of at least 4 members (excludes halogenated alkanes) is 1. The van der Waals surface area contributed by atoms with E-state index in [4.69, 9.17) is 0 Å². The van der Waals surface area contributed by atoms with Crippen molar-refractivity contribution in [3.63, 3.8) is 0 Å². The summed E-state index contributed by atoms with van der Waals surface area (Å²) in [6.45, 7) is 2.60. The van der Waals surface area contributed by atoms with Crippen molar-refractivity contribution in [1.29, 1.82) is 0 Å². The van der Waals surface area contributed by atoms with Gasteiger partial charge in [-0.05, 0) is 44.4 Å². The van der Waals surface area contributed by atoms with Crippen LogP contribution in [0.25, 0.3) is 0 Å². The number of anilines is 1. The third-order valence-corrected chi connectivity index (χ3v) is 3.25. The molecule has 0 saturated carbocycles. The van der Waals surface area contributed by atoms with Gasteiger partial charge in [0.05, 0.1) is 6.04 Å². The summed E-state index contributed by atoms with van der Waals surface area (Å²) in [5, 5.41) is 9.43. The fraction of sp³-hybridized carbons (Fsp3) is 0.571. The summed E-state index contributed by atoms with van der Waals surface area (Å²) in [6.07, 6.45) is 5.85. The third kappa shape index (κ3) is 4.87. The summed E-state index contributed by atoms with van der Waals surface area (Å²) in [7, 11) is 0. The summed E-state index contributed by atoms with van der Waals surface area (Å²) in [4.78, 5) is 15.9. The van der Waals surface area contributed by atoms with Crippen LogP contribution in [0, 0.1) is 0 Å². The number of hydrogen-bond acceptors (Lipinski definition) is 4. The molecule has 1 amide bonds. The zero-order valence-corrected chi connectivity index (χ0v) is 11.2. The number of aromatic nitrogens is 1. The molecule has 2 heterocycles. The number of amides is 1. The van der Waals surface area contributed by atoms with Gasteiger partial charge in [-0.25, -0.2) is 4.98 Å². The lowest BCUT2D eigenvalue weighted by Gasteiger charge is -2.11. The second kappa shape index (κ2) is 7.74. The van der Waals surface area contributed by atoms with Gasteiger partial charge in [-0.15, -0.1) is 0 Å². The van der Waals surface area contributed by atoms with Gasteiger partial charge < -0.3 is 16.0 Å². The van der Waals surface area contributed by atoms with Gasteiger partial charge in [-0.2, -0.15) is 0 Å².